The molecule has 28 heavy (non-hydrogen) atoms. The molecule has 1 aromatic rings. The Hall–Kier alpha value is -1.20. The molecule has 0 aliphatic heterocycles. The molecule has 0 fully saturated rings. The SMILES string of the molecule is CCCCCCCCCCCCCCCCO[S@@](=O)c1ccccc1C(=O)O. The lowest BCUT2D eigenvalue weighted by atomic mass is 10.0. The molecule has 0 aliphatic carbocycles. The minimum Gasteiger partial charge on any atom is -0.478 e. The Balaban J connectivity index is 1.94. The molecule has 1 atom stereocenters. The van der Waals surface area contributed by atoms with Crippen molar-refractivity contribution < 1.29 is 18.3 Å². The monoisotopic (exact) mass is 410 g/mol. The maximum Gasteiger partial charge on any atom is 0.337 e. The number of carbonyl (C=O) groups is 1. The zero-order chi connectivity index (χ0) is 20.5. The van der Waals surface area contributed by atoms with Crippen molar-refractivity contribution in [1.29, 1.82) is 0 Å². The van der Waals surface area contributed by atoms with Gasteiger partial charge in [-0.3, -0.25) is 4.18 Å². The van der Waals surface area contributed by atoms with Crippen LogP contribution in [0, 0.1) is 0 Å². The highest BCUT2D eigenvalue weighted by molar-refractivity contribution is 7.80. The fourth-order valence-corrected chi connectivity index (χ4v) is 4.20. The summed E-state index contributed by atoms with van der Waals surface area (Å²) < 4.78 is 17.5. The van der Waals surface area contributed by atoms with Gasteiger partial charge in [-0.2, -0.15) is 0 Å². The van der Waals surface area contributed by atoms with Crippen LogP contribution in [0.15, 0.2) is 29.2 Å². The van der Waals surface area contributed by atoms with E-state index in [2.05, 4.69) is 6.92 Å². The average Bonchev–Trinajstić information content (AvgIpc) is 2.70. The first-order valence-electron chi connectivity index (χ1n) is 11.0. The maximum atomic E-state index is 12.1. The topological polar surface area (TPSA) is 63.6 Å². The molecular weight excluding hydrogens is 372 g/mol. The smallest absolute Gasteiger partial charge is 0.337 e. The lowest BCUT2D eigenvalue weighted by Gasteiger charge is -2.06. The second-order valence-corrected chi connectivity index (χ2v) is 8.60. The predicted molar refractivity (Wildman–Crippen MR) is 116 cm³/mol. The Morgan fingerprint density at radius 2 is 1.29 bits per heavy atom. The molecular formula is C23H38O4S. The molecule has 1 rings (SSSR count). The van der Waals surface area contributed by atoms with Crippen molar-refractivity contribution in [2.75, 3.05) is 6.61 Å². The van der Waals surface area contributed by atoms with Crippen molar-refractivity contribution in [1.82, 2.24) is 0 Å². The van der Waals surface area contributed by atoms with Crippen LogP contribution in [0.1, 0.15) is 107 Å². The van der Waals surface area contributed by atoms with Gasteiger partial charge in [0.1, 0.15) is 0 Å². The number of benzene rings is 1. The Labute approximate surface area is 173 Å². The molecule has 0 heterocycles. The molecule has 0 amide bonds. The number of hydrogen-bond acceptors (Lipinski definition) is 3. The lowest BCUT2D eigenvalue weighted by Crippen LogP contribution is -2.07. The summed E-state index contributed by atoms with van der Waals surface area (Å²) in [6.45, 7) is 2.66. The van der Waals surface area contributed by atoms with Gasteiger partial charge in [0.25, 0.3) is 0 Å². The summed E-state index contributed by atoms with van der Waals surface area (Å²) in [6.07, 6.45) is 18.0. The molecule has 0 saturated carbocycles. The summed E-state index contributed by atoms with van der Waals surface area (Å²) in [5.74, 6) is -1.08. The summed E-state index contributed by atoms with van der Waals surface area (Å²) in [5.41, 5.74) is 0.0433. The van der Waals surface area contributed by atoms with E-state index >= 15 is 0 Å². The van der Waals surface area contributed by atoms with Crippen molar-refractivity contribution in [3.63, 3.8) is 0 Å². The Morgan fingerprint density at radius 1 is 0.821 bits per heavy atom. The number of carboxylic acids is 1. The first kappa shape index (κ1) is 24.8. The van der Waals surface area contributed by atoms with Gasteiger partial charge in [-0.25, -0.2) is 9.00 Å². The highest BCUT2D eigenvalue weighted by atomic mass is 32.2. The number of aromatic carboxylic acids is 1. The second-order valence-electron chi connectivity index (χ2n) is 7.45. The molecule has 0 spiro atoms. The zero-order valence-electron chi connectivity index (χ0n) is 17.5. The third kappa shape index (κ3) is 11.6. The van der Waals surface area contributed by atoms with Crippen LogP contribution in [0.5, 0.6) is 0 Å². The fraction of sp³-hybridized carbons (Fsp3) is 0.696. The molecule has 0 saturated heterocycles. The van der Waals surface area contributed by atoms with E-state index in [1.807, 2.05) is 0 Å². The summed E-state index contributed by atoms with van der Waals surface area (Å²) >= 11 is -1.71. The Bertz CT molecular complexity index is 559. The Kier molecular flexibility index (Phi) is 14.8. The van der Waals surface area contributed by atoms with Crippen LogP contribution in [0.2, 0.25) is 0 Å². The van der Waals surface area contributed by atoms with Gasteiger partial charge in [-0.15, -0.1) is 0 Å². The first-order valence-corrected chi connectivity index (χ1v) is 12.1. The van der Waals surface area contributed by atoms with Gasteiger partial charge in [-0.1, -0.05) is 103 Å². The normalized spacial score (nSPS) is 12.2. The van der Waals surface area contributed by atoms with Gasteiger partial charge in [0.2, 0.25) is 0 Å². The van der Waals surface area contributed by atoms with E-state index in [-0.39, 0.29) is 10.5 Å². The number of rotatable bonds is 18. The largest absolute Gasteiger partial charge is 0.478 e. The molecule has 160 valence electrons. The summed E-state index contributed by atoms with van der Waals surface area (Å²) in [6, 6.07) is 6.30. The van der Waals surface area contributed by atoms with Crippen molar-refractivity contribution in [2.24, 2.45) is 0 Å². The number of carboxylic acid groups (broad SMARTS) is 1. The van der Waals surface area contributed by atoms with Crippen LogP contribution in [-0.4, -0.2) is 21.9 Å². The maximum absolute atomic E-state index is 12.1. The van der Waals surface area contributed by atoms with Crippen molar-refractivity contribution in [3.8, 4) is 0 Å². The van der Waals surface area contributed by atoms with E-state index in [1.54, 1.807) is 18.2 Å². The summed E-state index contributed by atoms with van der Waals surface area (Å²) in [5, 5.41) is 9.13. The number of unbranched alkanes of at least 4 members (excludes halogenated alkanes) is 13. The Morgan fingerprint density at radius 3 is 1.79 bits per heavy atom. The van der Waals surface area contributed by atoms with Gasteiger partial charge < -0.3 is 5.11 Å². The lowest BCUT2D eigenvalue weighted by molar-refractivity contribution is 0.0692. The quantitative estimate of drug-likeness (QED) is 0.267. The zero-order valence-corrected chi connectivity index (χ0v) is 18.3. The summed E-state index contributed by atoms with van der Waals surface area (Å²) in [4.78, 5) is 11.4. The van der Waals surface area contributed by atoms with E-state index in [0.29, 0.717) is 6.61 Å². The standard InChI is InChI=1S/C23H38O4S/c1-2-3-4-5-6-7-8-9-10-11-12-13-14-17-20-27-28(26)22-19-16-15-18-21(22)23(24)25/h15-16,18-19H,2-14,17,20H2,1H3,(H,24,25)/t28-/m1/s1. The van der Waals surface area contributed by atoms with Gasteiger partial charge in [-0.05, 0) is 18.6 Å². The molecule has 1 N–H and O–H groups in total. The van der Waals surface area contributed by atoms with Crippen molar-refractivity contribution in [3.05, 3.63) is 29.8 Å². The van der Waals surface area contributed by atoms with E-state index in [9.17, 15) is 9.00 Å². The van der Waals surface area contributed by atoms with Gasteiger partial charge in [0.05, 0.1) is 17.1 Å². The molecule has 5 heteroatoms. The van der Waals surface area contributed by atoms with Gasteiger partial charge in [0, 0.05) is 0 Å². The van der Waals surface area contributed by atoms with E-state index in [1.165, 1.54) is 83.1 Å². The van der Waals surface area contributed by atoms with Crippen molar-refractivity contribution in [2.45, 2.75) is 102 Å². The highest BCUT2D eigenvalue weighted by Crippen LogP contribution is 2.16. The van der Waals surface area contributed by atoms with E-state index in [0.717, 1.165) is 12.8 Å². The van der Waals surface area contributed by atoms with Crippen LogP contribution in [0.4, 0.5) is 0 Å². The molecule has 4 nitrogen and oxygen atoms in total. The van der Waals surface area contributed by atoms with E-state index in [4.69, 9.17) is 9.29 Å². The van der Waals surface area contributed by atoms with Gasteiger partial charge >= 0.3 is 5.97 Å². The van der Waals surface area contributed by atoms with Crippen LogP contribution in [-0.2, 0) is 15.3 Å². The minimum absolute atomic E-state index is 0.0433. The fourth-order valence-electron chi connectivity index (χ4n) is 3.28. The third-order valence-electron chi connectivity index (χ3n) is 4.99. The van der Waals surface area contributed by atoms with Crippen LogP contribution in [0.3, 0.4) is 0 Å². The van der Waals surface area contributed by atoms with Crippen LogP contribution < -0.4 is 0 Å². The predicted octanol–water partition coefficient (Wildman–Crippen LogP) is 6.91. The molecule has 0 aliphatic rings. The first-order chi connectivity index (χ1) is 13.7. The van der Waals surface area contributed by atoms with Gasteiger partial charge in [0.15, 0.2) is 11.1 Å². The molecule has 0 unspecified atom stereocenters. The molecule has 0 radical (unpaired) electrons. The number of hydrogen-bond donors (Lipinski definition) is 1. The minimum atomic E-state index is -1.71. The average molecular weight is 411 g/mol. The second kappa shape index (κ2) is 16.7. The molecule has 0 bridgehead atoms. The van der Waals surface area contributed by atoms with Crippen LogP contribution in [0.25, 0.3) is 0 Å². The highest BCUT2D eigenvalue weighted by Gasteiger charge is 2.15. The van der Waals surface area contributed by atoms with E-state index < -0.39 is 17.0 Å². The summed E-state index contributed by atoms with van der Waals surface area (Å²) in [7, 11) is 0. The van der Waals surface area contributed by atoms with Crippen molar-refractivity contribution >= 4 is 17.0 Å². The third-order valence-corrected chi connectivity index (χ3v) is 6.08. The molecule has 0 aromatic heterocycles. The van der Waals surface area contributed by atoms with Crippen LogP contribution >= 0.6 is 0 Å². The molecule has 1 aromatic carbocycles.